The van der Waals surface area contributed by atoms with Crippen molar-refractivity contribution in [1.82, 2.24) is 4.90 Å². The number of nitrogens with zero attached hydrogens (tertiary/aromatic N) is 1. The summed E-state index contributed by atoms with van der Waals surface area (Å²) in [4.78, 5) is 2.30. The van der Waals surface area contributed by atoms with E-state index in [9.17, 15) is 0 Å². The van der Waals surface area contributed by atoms with Gasteiger partial charge in [0.05, 0.1) is 6.17 Å². The zero-order valence-corrected chi connectivity index (χ0v) is 9.02. The van der Waals surface area contributed by atoms with E-state index in [4.69, 9.17) is 5.73 Å². The molecule has 0 aliphatic carbocycles. The number of piperidine rings is 1. The molecule has 0 aromatic rings. The predicted molar refractivity (Wildman–Crippen MR) is 52.8 cm³/mol. The van der Waals surface area contributed by atoms with Crippen molar-refractivity contribution in [3.8, 4) is 0 Å². The first-order chi connectivity index (χ1) is 5.29. The average molecular weight is 170 g/mol. The van der Waals surface area contributed by atoms with Crippen LogP contribution in [-0.2, 0) is 0 Å². The Morgan fingerprint density at radius 3 is 2.17 bits per heavy atom. The Labute approximate surface area is 76.1 Å². The molecule has 0 radical (unpaired) electrons. The highest BCUT2D eigenvalue weighted by molar-refractivity contribution is 4.99. The highest BCUT2D eigenvalue weighted by Gasteiger charge is 2.45. The van der Waals surface area contributed by atoms with E-state index in [2.05, 4.69) is 39.6 Å². The third-order valence-corrected chi connectivity index (χ3v) is 4.10. The lowest BCUT2D eigenvalue weighted by molar-refractivity contribution is -0.0470. The van der Waals surface area contributed by atoms with Crippen molar-refractivity contribution in [2.45, 2.75) is 52.2 Å². The van der Waals surface area contributed by atoms with Gasteiger partial charge in [0.2, 0.25) is 0 Å². The van der Waals surface area contributed by atoms with Gasteiger partial charge in [0.15, 0.2) is 0 Å². The molecule has 1 fully saturated rings. The Balaban J connectivity index is 2.88. The molecule has 0 bridgehead atoms. The molecule has 2 heteroatoms. The van der Waals surface area contributed by atoms with Crippen LogP contribution in [0.25, 0.3) is 0 Å². The largest absolute Gasteiger partial charge is 0.316 e. The molecule has 1 atom stereocenters. The van der Waals surface area contributed by atoms with Gasteiger partial charge in [-0.2, -0.15) is 0 Å². The molecule has 72 valence electrons. The summed E-state index contributed by atoms with van der Waals surface area (Å²) in [6.07, 6.45) is 2.59. The standard InChI is InChI=1S/C10H22N2/c1-9(2)7-6-8(11)12(5)10(9,3)4/h8H,6-7,11H2,1-5H3. The van der Waals surface area contributed by atoms with Crippen LogP contribution in [0.2, 0.25) is 0 Å². The molecule has 1 heterocycles. The van der Waals surface area contributed by atoms with Crippen molar-refractivity contribution in [3.05, 3.63) is 0 Å². The van der Waals surface area contributed by atoms with E-state index in [0.29, 0.717) is 5.41 Å². The molecule has 0 aromatic carbocycles. The smallest absolute Gasteiger partial charge is 0.0574 e. The van der Waals surface area contributed by atoms with Crippen LogP contribution in [0.3, 0.4) is 0 Å². The summed E-state index contributed by atoms with van der Waals surface area (Å²) in [5, 5.41) is 0. The maximum atomic E-state index is 6.00. The second-order valence-electron chi connectivity index (χ2n) is 5.16. The summed E-state index contributed by atoms with van der Waals surface area (Å²) < 4.78 is 0. The zero-order chi connectivity index (χ0) is 9.57. The first-order valence-electron chi connectivity index (χ1n) is 4.77. The highest BCUT2D eigenvalue weighted by Crippen LogP contribution is 2.43. The number of nitrogens with two attached hydrogens (primary N) is 1. The third kappa shape index (κ3) is 1.27. The first-order valence-corrected chi connectivity index (χ1v) is 4.77. The fraction of sp³-hybridized carbons (Fsp3) is 1.00. The maximum Gasteiger partial charge on any atom is 0.0574 e. The Bertz CT molecular complexity index is 173. The van der Waals surface area contributed by atoms with Crippen molar-refractivity contribution in [1.29, 1.82) is 0 Å². The predicted octanol–water partition coefficient (Wildman–Crippen LogP) is 1.80. The summed E-state index contributed by atoms with van der Waals surface area (Å²) in [6.45, 7) is 9.22. The van der Waals surface area contributed by atoms with Gasteiger partial charge in [0.25, 0.3) is 0 Å². The number of hydrogen-bond acceptors (Lipinski definition) is 2. The fourth-order valence-electron chi connectivity index (χ4n) is 1.90. The average Bonchev–Trinajstić information content (AvgIpc) is 1.96. The van der Waals surface area contributed by atoms with Crippen molar-refractivity contribution < 1.29 is 0 Å². The normalized spacial score (nSPS) is 35.0. The molecule has 1 aliphatic heterocycles. The minimum atomic E-state index is 0.213. The van der Waals surface area contributed by atoms with E-state index in [1.807, 2.05) is 0 Å². The molecule has 12 heavy (non-hydrogen) atoms. The Morgan fingerprint density at radius 2 is 1.75 bits per heavy atom. The maximum absolute atomic E-state index is 6.00. The summed E-state index contributed by atoms with van der Waals surface area (Å²) in [5.41, 5.74) is 6.59. The van der Waals surface area contributed by atoms with Gasteiger partial charge in [0.1, 0.15) is 0 Å². The van der Waals surface area contributed by atoms with Gasteiger partial charge in [-0.3, -0.25) is 4.90 Å². The van der Waals surface area contributed by atoms with Crippen LogP contribution in [-0.4, -0.2) is 23.7 Å². The second-order valence-corrected chi connectivity index (χ2v) is 5.16. The van der Waals surface area contributed by atoms with Gasteiger partial charge in [-0.05, 0) is 39.2 Å². The monoisotopic (exact) mass is 170 g/mol. The molecule has 0 amide bonds. The minimum absolute atomic E-state index is 0.213. The van der Waals surface area contributed by atoms with Crippen molar-refractivity contribution >= 4 is 0 Å². The fourth-order valence-corrected chi connectivity index (χ4v) is 1.90. The molecule has 1 unspecified atom stereocenters. The molecule has 2 N–H and O–H groups in total. The van der Waals surface area contributed by atoms with Gasteiger partial charge in [0, 0.05) is 5.54 Å². The molecular weight excluding hydrogens is 148 g/mol. The molecule has 1 rings (SSSR count). The van der Waals surface area contributed by atoms with E-state index in [0.717, 1.165) is 6.42 Å². The van der Waals surface area contributed by atoms with E-state index in [1.54, 1.807) is 0 Å². The van der Waals surface area contributed by atoms with Crippen LogP contribution in [0.4, 0.5) is 0 Å². The summed E-state index contributed by atoms with van der Waals surface area (Å²) in [5.74, 6) is 0. The molecule has 1 aliphatic rings. The Morgan fingerprint density at radius 1 is 1.25 bits per heavy atom. The van der Waals surface area contributed by atoms with E-state index in [1.165, 1.54) is 6.42 Å². The van der Waals surface area contributed by atoms with E-state index < -0.39 is 0 Å². The number of hydrogen-bond donors (Lipinski definition) is 1. The minimum Gasteiger partial charge on any atom is -0.316 e. The van der Waals surface area contributed by atoms with Crippen LogP contribution in [0, 0.1) is 5.41 Å². The topological polar surface area (TPSA) is 29.3 Å². The zero-order valence-electron chi connectivity index (χ0n) is 9.02. The number of rotatable bonds is 0. The Hall–Kier alpha value is -0.0800. The quantitative estimate of drug-likeness (QED) is 0.600. The summed E-state index contributed by atoms with van der Waals surface area (Å²) in [6, 6.07) is 0. The van der Waals surface area contributed by atoms with Crippen LogP contribution < -0.4 is 5.73 Å². The highest BCUT2D eigenvalue weighted by atomic mass is 15.3. The Kier molecular flexibility index (Phi) is 2.26. The molecular formula is C10H22N2. The van der Waals surface area contributed by atoms with Crippen molar-refractivity contribution in [3.63, 3.8) is 0 Å². The SMILES string of the molecule is CN1C(N)CCC(C)(C)C1(C)C. The lowest BCUT2D eigenvalue weighted by Crippen LogP contribution is -2.62. The van der Waals surface area contributed by atoms with Crippen molar-refractivity contribution in [2.24, 2.45) is 11.1 Å². The molecule has 1 saturated heterocycles. The summed E-state index contributed by atoms with van der Waals surface area (Å²) >= 11 is 0. The molecule has 0 saturated carbocycles. The van der Waals surface area contributed by atoms with E-state index >= 15 is 0 Å². The molecule has 0 aromatic heterocycles. The third-order valence-electron chi connectivity index (χ3n) is 4.10. The lowest BCUT2D eigenvalue weighted by atomic mass is 9.67. The molecule has 2 nitrogen and oxygen atoms in total. The summed E-state index contributed by atoms with van der Waals surface area (Å²) in [7, 11) is 2.13. The molecule has 0 spiro atoms. The van der Waals surface area contributed by atoms with E-state index in [-0.39, 0.29) is 11.7 Å². The van der Waals surface area contributed by atoms with Gasteiger partial charge >= 0.3 is 0 Å². The number of likely N-dealkylation sites (tertiary alicyclic amines) is 1. The lowest BCUT2D eigenvalue weighted by Gasteiger charge is -2.54. The second kappa shape index (κ2) is 2.71. The van der Waals surface area contributed by atoms with Crippen LogP contribution in [0.15, 0.2) is 0 Å². The van der Waals surface area contributed by atoms with Gasteiger partial charge in [-0.1, -0.05) is 13.8 Å². The first kappa shape index (κ1) is 10.0. The van der Waals surface area contributed by atoms with Gasteiger partial charge in [-0.25, -0.2) is 0 Å². The van der Waals surface area contributed by atoms with Crippen LogP contribution in [0.1, 0.15) is 40.5 Å². The van der Waals surface area contributed by atoms with Gasteiger partial charge in [-0.15, -0.1) is 0 Å². The van der Waals surface area contributed by atoms with Crippen LogP contribution in [0.5, 0.6) is 0 Å². The van der Waals surface area contributed by atoms with Crippen LogP contribution >= 0.6 is 0 Å². The van der Waals surface area contributed by atoms with Crippen molar-refractivity contribution in [2.75, 3.05) is 7.05 Å². The van der Waals surface area contributed by atoms with Gasteiger partial charge < -0.3 is 5.73 Å².